The van der Waals surface area contributed by atoms with Gasteiger partial charge in [0.15, 0.2) is 0 Å². The van der Waals surface area contributed by atoms with Crippen molar-refractivity contribution in [3.63, 3.8) is 0 Å². The molecule has 0 atom stereocenters. The first-order valence-corrected chi connectivity index (χ1v) is 17.0. The molecule has 0 saturated carbocycles. The molecule has 2 aromatic heterocycles. The van der Waals surface area contributed by atoms with Crippen molar-refractivity contribution in [2.45, 2.75) is 0 Å². The highest BCUT2D eigenvalue weighted by Crippen LogP contribution is 2.39. The summed E-state index contributed by atoms with van der Waals surface area (Å²) in [5.74, 6) is 0. The van der Waals surface area contributed by atoms with Gasteiger partial charge in [-0.2, -0.15) is 0 Å². The maximum atomic E-state index is 3.64. The van der Waals surface area contributed by atoms with E-state index in [9.17, 15) is 0 Å². The van der Waals surface area contributed by atoms with Crippen LogP contribution in [0.5, 0.6) is 0 Å². The van der Waals surface area contributed by atoms with E-state index in [1.807, 2.05) is 0 Å². The molecular formula is C48H30N2. The van der Waals surface area contributed by atoms with Gasteiger partial charge in [0.25, 0.3) is 0 Å². The zero-order chi connectivity index (χ0) is 33.0. The SMILES string of the molecule is C1=C=C(c2cccc(-n3c4ccccc4c4ccccc43)c2)C(c2ccccc2)=CC=1c1cccc(-n2c3ccccc3c3ccccc32)c1. The average molecular weight is 635 g/mol. The van der Waals surface area contributed by atoms with Gasteiger partial charge in [-0.15, -0.1) is 0 Å². The number of allylic oxidation sites excluding steroid dienone is 4. The Morgan fingerprint density at radius 1 is 0.340 bits per heavy atom. The third-order valence-corrected chi connectivity index (χ3v) is 9.93. The number of benzene rings is 7. The molecule has 2 heterocycles. The number of rotatable bonds is 5. The number of hydrogen-bond acceptors (Lipinski definition) is 0. The number of para-hydroxylation sites is 4. The van der Waals surface area contributed by atoms with Crippen molar-refractivity contribution in [2.75, 3.05) is 0 Å². The first-order chi connectivity index (χ1) is 24.8. The largest absolute Gasteiger partial charge is 0.309 e. The summed E-state index contributed by atoms with van der Waals surface area (Å²) in [6.07, 6.45) is 2.28. The van der Waals surface area contributed by atoms with E-state index < -0.39 is 0 Å². The molecule has 9 aromatic rings. The van der Waals surface area contributed by atoms with Crippen LogP contribution in [-0.2, 0) is 0 Å². The van der Waals surface area contributed by atoms with Crippen LogP contribution >= 0.6 is 0 Å². The van der Waals surface area contributed by atoms with Crippen molar-refractivity contribution in [2.24, 2.45) is 0 Å². The number of aromatic nitrogens is 2. The maximum absolute atomic E-state index is 3.64. The highest BCUT2D eigenvalue weighted by molar-refractivity contribution is 6.12. The lowest BCUT2D eigenvalue weighted by Crippen LogP contribution is -1.98. The van der Waals surface area contributed by atoms with Crippen LogP contribution in [0.4, 0.5) is 0 Å². The summed E-state index contributed by atoms with van der Waals surface area (Å²) in [6.45, 7) is 0. The van der Waals surface area contributed by atoms with Gasteiger partial charge < -0.3 is 9.13 Å². The minimum Gasteiger partial charge on any atom is -0.309 e. The monoisotopic (exact) mass is 634 g/mol. The van der Waals surface area contributed by atoms with Crippen LogP contribution in [0.1, 0.15) is 16.7 Å². The molecule has 0 fully saturated rings. The highest BCUT2D eigenvalue weighted by atomic mass is 15.0. The molecule has 0 radical (unpaired) electrons. The summed E-state index contributed by atoms with van der Waals surface area (Å²) in [5, 5.41) is 5.02. The predicted octanol–water partition coefficient (Wildman–Crippen LogP) is 12.2. The van der Waals surface area contributed by atoms with Gasteiger partial charge in [0.1, 0.15) is 0 Å². The second-order valence-electron chi connectivity index (χ2n) is 12.8. The summed E-state index contributed by atoms with van der Waals surface area (Å²) in [4.78, 5) is 0. The Bertz CT molecular complexity index is 2830. The molecule has 1 aliphatic rings. The standard InChI is InChI=1S/C48H30N2/c1-2-14-33(15-3-1)44-32-35(34-16-12-18-37(30-34)49-45-24-8-4-20-40(45)41-21-5-9-25-46(41)49)28-29-39(44)36-17-13-19-38(31-36)50-47-26-10-6-22-42(47)43-23-7-11-27-48(43)50/h1-27,30-32H. The summed E-state index contributed by atoms with van der Waals surface area (Å²) in [7, 11) is 0. The van der Waals surface area contributed by atoms with Crippen molar-refractivity contribution < 1.29 is 0 Å². The van der Waals surface area contributed by atoms with Crippen molar-refractivity contribution in [1.29, 1.82) is 0 Å². The van der Waals surface area contributed by atoms with Crippen molar-refractivity contribution in [3.8, 4) is 11.4 Å². The smallest absolute Gasteiger partial charge is 0.0541 e. The predicted molar refractivity (Wildman–Crippen MR) is 210 cm³/mol. The molecule has 50 heavy (non-hydrogen) atoms. The Balaban J connectivity index is 1.15. The van der Waals surface area contributed by atoms with Crippen molar-refractivity contribution in [1.82, 2.24) is 9.13 Å². The highest BCUT2D eigenvalue weighted by Gasteiger charge is 2.18. The van der Waals surface area contributed by atoms with Gasteiger partial charge in [-0.1, -0.05) is 139 Å². The normalized spacial score (nSPS) is 12.8. The lowest BCUT2D eigenvalue weighted by Gasteiger charge is -2.17. The Hall–Kier alpha value is -6.82. The van der Waals surface area contributed by atoms with E-state index in [0.717, 1.165) is 44.8 Å². The molecule has 7 aromatic carbocycles. The van der Waals surface area contributed by atoms with E-state index in [4.69, 9.17) is 0 Å². The molecule has 10 rings (SSSR count). The van der Waals surface area contributed by atoms with Gasteiger partial charge in [-0.05, 0) is 76.9 Å². The van der Waals surface area contributed by atoms with E-state index >= 15 is 0 Å². The van der Waals surface area contributed by atoms with Crippen molar-refractivity contribution >= 4 is 60.3 Å². The molecule has 2 heteroatoms. The van der Waals surface area contributed by atoms with E-state index in [1.165, 1.54) is 43.6 Å². The zero-order valence-corrected chi connectivity index (χ0v) is 27.2. The van der Waals surface area contributed by atoms with E-state index in [2.05, 4.69) is 203 Å². The minimum atomic E-state index is 1.01. The van der Waals surface area contributed by atoms with Crippen LogP contribution in [0, 0.1) is 0 Å². The maximum Gasteiger partial charge on any atom is 0.0541 e. The Kier molecular flexibility index (Phi) is 6.44. The Morgan fingerprint density at radius 2 is 0.760 bits per heavy atom. The quantitative estimate of drug-likeness (QED) is 0.167. The van der Waals surface area contributed by atoms with E-state index in [1.54, 1.807) is 0 Å². The summed E-state index contributed by atoms with van der Waals surface area (Å²) < 4.78 is 4.74. The van der Waals surface area contributed by atoms with E-state index in [-0.39, 0.29) is 0 Å². The summed E-state index contributed by atoms with van der Waals surface area (Å²) in [5.41, 5.74) is 20.8. The van der Waals surface area contributed by atoms with Crippen LogP contribution in [-0.4, -0.2) is 9.13 Å². The number of hydrogen-bond donors (Lipinski definition) is 0. The average Bonchev–Trinajstić information content (AvgIpc) is 3.71. The molecule has 0 aliphatic heterocycles. The van der Waals surface area contributed by atoms with Crippen LogP contribution < -0.4 is 0 Å². The first kappa shape index (κ1) is 28.2. The second kappa shape index (κ2) is 11.4. The molecule has 0 bridgehead atoms. The Morgan fingerprint density at radius 3 is 1.28 bits per heavy atom. The van der Waals surface area contributed by atoms with Gasteiger partial charge in [0, 0.05) is 44.1 Å². The lowest BCUT2D eigenvalue weighted by molar-refractivity contribution is 1.18. The molecule has 0 amide bonds. The van der Waals surface area contributed by atoms with Crippen LogP contribution in [0.3, 0.4) is 0 Å². The fourth-order valence-corrected chi connectivity index (χ4v) is 7.69. The molecule has 1 aliphatic carbocycles. The molecule has 2 nitrogen and oxygen atoms in total. The first-order valence-electron chi connectivity index (χ1n) is 17.0. The van der Waals surface area contributed by atoms with Gasteiger partial charge in [0.05, 0.1) is 22.1 Å². The van der Waals surface area contributed by atoms with Crippen molar-refractivity contribution in [3.05, 3.63) is 210 Å². The van der Waals surface area contributed by atoms with Gasteiger partial charge in [0.2, 0.25) is 0 Å². The lowest BCUT2D eigenvalue weighted by atomic mass is 9.88. The summed E-state index contributed by atoms with van der Waals surface area (Å²) in [6, 6.07) is 62.9. The minimum absolute atomic E-state index is 1.01. The topological polar surface area (TPSA) is 9.86 Å². The van der Waals surface area contributed by atoms with Gasteiger partial charge in [-0.25, -0.2) is 0 Å². The molecule has 0 unspecified atom stereocenters. The molecule has 0 spiro atoms. The second-order valence-corrected chi connectivity index (χ2v) is 12.8. The van der Waals surface area contributed by atoms with Gasteiger partial charge >= 0.3 is 0 Å². The molecule has 232 valence electrons. The third kappa shape index (κ3) is 4.45. The number of fused-ring (bicyclic) bond motifs is 6. The zero-order valence-electron chi connectivity index (χ0n) is 27.2. The molecule has 0 N–H and O–H groups in total. The van der Waals surface area contributed by atoms with Gasteiger partial charge in [-0.3, -0.25) is 0 Å². The fraction of sp³-hybridized carbons (Fsp3) is 0. The molecule has 0 saturated heterocycles. The third-order valence-electron chi connectivity index (χ3n) is 9.93. The van der Waals surface area contributed by atoms with Crippen LogP contribution in [0.25, 0.3) is 71.7 Å². The number of nitrogens with zero attached hydrogens (tertiary/aromatic N) is 2. The van der Waals surface area contributed by atoms with Crippen LogP contribution in [0.15, 0.2) is 193 Å². The van der Waals surface area contributed by atoms with Crippen LogP contribution in [0.2, 0.25) is 0 Å². The summed E-state index contributed by atoms with van der Waals surface area (Å²) >= 11 is 0. The van der Waals surface area contributed by atoms with E-state index in [0.29, 0.717) is 0 Å². The Labute approximate surface area is 290 Å². The fourth-order valence-electron chi connectivity index (χ4n) is 7.69. The molecular weight excluding hydrogens is 605 g/mol.